The Morgan fingerprint density at radius 3 is 2.27 bits per heavy atom. The minimum atomic E-state index is -4.00. The van der Waals surface area contributed by atoms with Crippen LogP contribution in [0.15, 0.2) is 47.4 Å². The van der Waals surface area contributed by atoms with Gasteiger partial charge in [0.05, 0.1) is 24.8 Å². The Morgan fingerprint density at radius 2 is 1.73 bits per heavy atom. The number of carbonyl (C=O) groups is 1. The van der Waals surface area contributed by atoms with E-state index in [2.05, 4.69) is 5.32 Å². The van der Waals surface area contributed by atoms with Gasteiger partial charge in [0.15, 0.2) is 0 Å². The zero-order chi connectivity index (χ0) is 19.3. The van der Waals surface area contributed by atoms with E-state index in [1.54, 1.807) is 24.3 Å². The lowest BCUT2D eigenvalue weighted by Gasteiger charge is -2.25. The summed E-state index contributed by atoms with van der Waals surface area (Å²) in [4.78, 5) is 12.1. The van der Waals surface area contributed by atoms with Gasteiger partial charge in [-0.05, 0) is 31.2 Å². The number of sulfonamides is 1. The minimum Gasteiger partial charge on any atom is -0.497 e. The first-order chi connectivity index (χ1) is 12.3. The highest BCUT2D eigenvalue weighted by Gasteiger charge is 2.29. The molecule has 0 radical (unpaired) electrons. The second-order valence-corrected chi connectivity index (χ2v) is 7.40. The lowest BCUT2D eigenvalue weighted by molar-refractivity contribution is -0.119. The van der Waals surface area contributed by atoms with Crippen LogP contribution in [0.2, 0.25) is 0 Å². The average molecular weight is 378 g/mol. The molecule has 0 atom stereocenters. The van der Waals surface area contributed by atoms with Crippen molar-refractivity contribution < 1.29 is 22.7 Å². The molecule has 0 spiro atoms. The summed E-state index contributed by atoms with van der Waals surface area (Å²) in [5.41, 5.74) is 1.15. The number of hydrogen-bond donors (Lipinski definition) is 1. The van der Waals surface area contributed by atoms with E-state index in [0.29, 0.717) is 11.5 Å². The Kier molecular flexibility index (Phi) is 6.10. The van der Waals surface area contributed by atoms with Crippen molar-refractivity contribution in [2.45, 2.75) is 11.8 Å². The number of carbonyl (C=O) groups excluding carboxylic acids is 1. The molecule has 0 aromatic heterocycles. The number of amides is 1. The topological polar surface area (TPSA) is 84.9 Å². The van der Waals surface area contributed by atoms with E-state index >= 15 is 0 Å². The molecule has 26 heavy (non-hydrogen) atoms. The molecule has 0 aliphatic rings. The molecule has 2 aromatic rings. The molecule has 0 heterocycles. The second kappa shape index (κ2) is 8.09. The Balaban J connectivity index is 2.64. The fourth-order valence-electron chi connectivity index (χ4n) is 2.34. The maximum atomic E-state index is 13.2. The molecule has 8 heteroatoms. The molecular formula is C18H22N2O5S. The summed E-state index contributed by atoms with van der Waals surface area (Å²) in [6, 6.07) is 11.2. The van der Waals surface area contributed by atoms with Gasteiger partial charge in [-0.15, -0.1) is 0 Å². The number of hydrogen-bond acceptors (Lipinski definition) is 5. The van der Waals surface area contributed by atoms with Gasteiger partial charge in [-0.2, -0.15) is 0 Å². The number of likely N-dealkylation sites (N-methyl/N-ethyl adjacent to an activating group) is 1. The van der Waals surface area contributed by atoms with Crippen LogP contribution in [0, 0.1) is 6.92 Å². The van der Waals surface area contributed by atoms with Crippen molar-refractivity contribution in [1.82, 2.24) is 5.32 Å². The summed E-state index contributed by atoms with van der Waals surface area (Å²) in [7, 11) is 0.357. The Bertz CT molecular complexity index is 879. The van der Waals surface area contributed by atoms with Crippen LogP contribution >= 0.6 is 0 Å². The predicted octanol–water partition coefficient (Wildman–Crippen LogP) is 1.95. The lowest BCUT2D eigenvalue weighted by atomic mass is 10.2. The zero-order valence-electron chi connectivity index (χ0n) is 15.1. The summed E-state index contributed by atoms with van der Waals surface area (Å²) in [6.45, 7) is 1.47. The van der Waals surface area contributed by atoms with Gasteiger partial charge >= 0.3 is 0 Å². The molecule has 7 nitrogen and oxygen atoms in total. The summed E-state index contributed by atoms with van der Waals surface area (Å²) in [5.74, 6) is 0.303. The summed E-state index contributed by atoms with van der Waals surface area (Å²) >= 11 is 0. The van der Waals surface area contributed by atoms with Crippen molar-refractivity contribution in [2.75, 3.05) is 32.1 Å². The van der Waals surface area contributed by atoms with Crippen LogP contribution in [-0.2, 0) is 14.8 Å². The van der Waals surface area contributed by atoms with Crippen LogP contribution in [-0.4, -0.2) is 42.1 Å². The molecule has 0 saturated carbocycles. The SMILES string of the molecule is CNC(=O)CN(c1cc(OC)ccc1OC)S(=O)(=O)c1ccc(C)cc1. The van der Waals surface area contributed by atoms with Gasteiger partial charge in [-0.1, -0.05) is 17.7 Å². The molecule has 0 aliphatic carbocycles. The predicted molar refractivity (Wildman–Crippen MR) is 99.3 cm³/mol. The maximum Gasteiger partial charge on any atom is 0.264 e. The van der Waals surface area contributed by atoms with Crippen LogP contribution < -0.4 is 19.1 Å². The molecular weight excluding hydrogens is 356 g/mol. The number of methoxy groups -OCH3 is 2. The summed E-state index contributed by atoms with van der Waals surface area (Å²) in [5, 5.41) is 2.45. The van der Waals surface area contributed by atoms with Crippen LogP contribution in [0.25, 0.3) is 0 Å². The molecule has 1 N–H and O–H groups in total. The third kappa shape index (κ3) is 4.08. The first-order valence-electron chi connectivity index (χ1n) is 7.85. The molecule has 140 valence electrons. The number of rotatable bonds is 7. The molecule has 0 fully saturated rings. The normalized spacial score (nSPS) is 10.9. The Morgan fingerprint density at radius 1 is 1.08 bits per heavy atom. The van der Waals surface area contributed by atoms with Crippen molar-refractivity contribution >= 4 is 21.6 Å². The van der Waals surface area contributed by atoms with E-state index < -0.39 is 22.5 Å². The first-order valence-corrected chi connectivity index (χ1v) is 9.29. The van der Waals surface area contributed by atoms with Gasteiger partial charge in [0.2, 0.25) is 5.91 Å². The highest BCUT2D eigenvalue weighted by molar-refractivity contribution is 7.92. The quantitative estimate of drug-likeness (QED) is 0.796. The Hall–Kier alpha value is -2.74. The molecule has 0 aliphatic heterocycles. The highest BCUT2D eigenvalue weighted by Crippen LogP contribution is 2.35. The van der Waals surface area contributed by atoms with Gasteiger partial charge in [-0.25, -0.2) is 8.42 Å². The maximum absolute atomic E-state index is 13.2. The lowest BCUT2D eigenvalue weighted by Crippen LogP contribution is -2.40. The standard InChI is InChI=1S/C18H22N2O5S/c1-13-5-8-15(9-6-13)26(22,23)20(12-18(21)19-2)16-11-14(24-3)7-10-17(16)25-4/h5-11H,12H2,1-4H3,(H,19,21). The number of aryl methyl sites for hydroxylation is 1. The highest BCUT2D eigenvalue weighted by atomic mass is 32.2. The van der Waals surface area contributed by atoms with Crippen molar-refractivity contribution in [2.24, 2.45) is 0 Å². The van der Waals surface area contributed by atoms with E-state index in [1.165, 1.54) is 39.5 Å². The first kappa shape index (κ1) is 19.6. The minimum absolute atomic E-state index is 0.0804. The average Bonchev–Trinajstić information content (AvgIpc) is 2.65. The van der Waals surface area contributed by atoms with Crippen LogP contribution in [0.5, 0.6) is 11.5 Å². The van der Waals surface area contributed by atoms with Crippen LogP contribution in [0.4, 0.5) is 5.69 Å². The smallest absolute Gasteiger partial charge is 0.264 e. The van der Waals surface area contributed by atoms with E-state index in [-0.39, 0.29) is 10.6 Å². The molecule has 2 aromatic carbocycles. The summed E-state index contributed by atoms with van der Waals surface area (Å²) < 4.78 is 37.9. The van der Waals surface area contributed by atoms with Crippen LogP contribution in [0.1, 0.15) is 5.56 Å². The van der Waals surface area contributed by atoms with Crippen molar-refractivity contribution in [3.8, 4) is 11.5 Å². The summed E-state index contributed by atoms with van der Waals surface area (Å²) in [6.07, 6.45) is 0. The van der Waals surface area contributed by atoms with E-state index in [1.807, 2.05) is 6.92 Å². The van der Waals surface area contributed by atoms with Gasteiger partial charge in [-0.3, -0.25) is 9.10 Å². The number of ether oxygens (including phenoxy) is 2. The monoisotopic (exact) mass is 378 g/mol. The second-order valence-electron chi connectivity index (χ2n) is 5.54. The molecule has 0 saturated heterocycles. The van der Waals surface area contributed by atoms with Gasteiger partial charge in [0.25, 0.3) is 10.0 Å². The van der Waals surface area contributed by atoms with E-state index in [0.717, 1.165) is 9.87 Å². The third-order valence-corrected chi connectivity index (χ3v) is 5.60. The van der Waals surface area contributed by atoms with Gasteiger partial charge in [0, 0.05) is 13.1 Å². The van der Waals surface area contributed by atoms with Gasteiger partial charge in [0.1, 0.15) is 18.0 Å². The fraction of sp³-hybridized carbons (Fsp3) is 0.278. The van der Waals surface area contributed by atoms with Crippen LogP contribution in [0.3, 0.4) is 0 Å². The van der Waals surface area contributed by atoms with Gasteiger partial charge < -0.3 is 14.8 Å². The third-order valence-electron chi connectivity index (χ3n) is 3.83. The molecule has 2 rings (SSSR count). The molecule has 0 bridgehead atoms. The number of nitrogens with one attached hydrogen (secondary N) is 1. The van der Waals surface area contributed by atoms with E-state index in [4.69, 9.17) is 9.47 Å². The number of benzene rings is 2. The molecule has 1 amide bonds. The fourth-order valence-corrected chi connectivity index (χ4v) is 3.76. The van der Waals surface area contributed by atoms with Crippen molar-refractivity contribution in [3.63, 3.8) is 0 Å². The van der Waals surface area contributed by atoms with Crippen molar-refractivity contribution in [1.29, 1.82) is 0 Å². The molecule has 0 unspecified atom stereocenters. The van der Waals surface area contributed by atoms with E-state index in [9.17, 15) is 13.2 Å². The Labute approximate surface area is 153 Å². The zero-order valence-corrected chi connectivity index (χ0v) is 16.0. The largest absolute Gasteiger partial charge is 0.497 e. The number of anilines is 1. The number of nitrogens with zero attached hydrogens (tertiary/aromatic N) is 1. The van der Waals surface area contributed by atoms with Crippen molar-refractivity contribution in [3.05, 3.63) is 48.0 Å².